The zero-order chi connectivity index (χ0) is 23.4. The molecule has 0 saturated carbocycles. The van der Waals surface area contributed by atoms with E-state index in [0.717, 1.165) is 12.8 Å². The Morgan fingerprint density at radius 3 is 1.41 bits per heavy atom. The topological polar surface area (TPSA) is 57.5 Å². The maximum atomic E-state index is 12.4. The average molecular weight is 476 g/mol. The lowest BCUT2D eigenvalue weighted by Gasteiger charge is -2.36. The monoisotopic (exact) mass is 475 g/mol. The first kappa shape index (κ1) is 33.8. The van der Waals surface area contributed by atoms with Crippen molar-refractivity contribution in [2.24, 2.45) is 0 Å². The second-order valence-electron chi connectivity index (χ2n) is 9.55. The van der Waals surface area contributed by atoms with Crippen LogP contribution in [0.25, 0.3) is 0 Å². The van der Waals surface area contributed by atoms with E-state index in [9.17, 15) is 15.0 Å². The molecule has 2 atom stereocenters. The Hall–Kier alpha value is -0.420. The third-order valence-corrected chi connectivity index (χ3v) is 6.74. The van der Waals surface area contributed by atoms with Crippen molar-refractivity contribution in [1.29, 1.82) is 0 Å². The smallest absolute Gasteiger partial charge is 0.317 e. The van der Waals surface area contributed by atoms with E-state index in [1.165, 1.54) is 96.3 Å². The summed E-state index contributed by atoms with van der Waals surface area (Å²) in [7, 11) is 1.61. The number of rotatable bonds is 21. The van der Waals surface area contributed by atoms with Gasteiger partial charge in [0.05, 0.1) is 13.5 Å². The number of hydrogen-bond donors (Lipinski definition) is 2. The van der Waals surface area contributed by atoms with Gasteiger partial charge in [-0.1, -0.05) is 96.1 Å². The van der Waals surface area contributed by atoms with Crippen LogP contribution >= 0.6 is 0 Å². The highest BCUT2D eigenvalue weighted by molar-refractivity contribution is 5.69. The second kappa shape index (κ2) is 22.4. The van der Waals surface area contributed by atoms with E-state index in [4.69, 9.17) is 0 Å². The molecule has 0 aliphatic heterocycles. The standard InChI is InChI=1S/C27H54NO3.ClH/c1-5-6-7-8-9-10-11-12-13-14-15-16-17-18-19-20-21-22-23-24-27(31)28(4,25(2)29)26(3)30;/h12-13,25-26,29-30H,5-11,14-24H2,1-4H3;1H/q+1;/p-1/b13-12-;. The van der Waals surface area contributed by atoms with E-state index < -0.39 is 12.5 Å². The molecule has 2 unspecified atom stereocenters. The van der Waals surface area contributed by atoms with Crippen molar-refractivity contribution in [3.63, 3.8) is 0 Å². The number of carbonyl (C=O) groups is 1. The summed E-state index contributed by atoms with van der Waals surface area (Å²) in [6, 6.07) is 0. The Morgan fingerprint density at radius 2 is 1.03 bits per heavy atom. The molecule has 0 spiro atoms. The van der Waals surface area contributed by atoms with E-state index in [0.29, 0.717) is 6.42 Å². The molecule has 2 N–H and O–H groups in total. The summed E-state index contributed by atoms with van der Waals surface area (Å²) in [6.07, 6.45) is 25.1. The van der Waals surface area contributed by atoms with Gasteiger partial charge in [0.2, 0.25) is 0 Å². The summed E-state index contributed by atoms with van der Waals surface area (Å²) in [6.45, 7) is 5.40. The lowest BCUT2D eigenvalue weighted by atomic mass is 10.0. The molecule has 0 radical (unpaired) electrons. The van der Waals surface area contributed by atoms with Gasteiger partial charge in [0.15, 0.2) is 12.5 Å². The van der Waals surface area contributed by atoms with Crippen LogP contribution in [0.2, 0.25) is 0 Å². The van der Waals surface area contributed by atoms with E-state index >= 15 is 0 Å². The van der Waals surface area contributed by atoms with Gasteiger partial charge in [-0.05, 0) is 32.1 Å². The number of unbranched alkanes of at least 4 members (excludes halogenated alkanes) is 15. The quantitative estimate of drug-likeness (QED) is 0.113. The summed E-state index contributed by atoms with van der Waals surface area (Å²) in [5, 5.41) is 19.7. The van der Waals surface area contributed by atoms with Crippen molar-refractivity contribution in [2.45, 2.75) is 149 Å². The van der Waals surface area contributed by atoms with Crippen molar-refractivity contribution < 1.29 is 31.9 Å². The lowest BCUT2D eigenvalue weighted by molar-refractivity contribution is -0.924. The van der Waals surface area contributed by atoms with Crippen LogP contribution in [-0.2, 0) is 4.79 Å². The molecule has 1 amide bonds. The van der Waals surface area contributed by atoms with Crippen molar-refractivity contribution >= 4 is 5.91 Å². The molecule has 0 fully saturated rings. The number of hydrogen-bond acceptors (Lipinski definition) is 3. The third-order valence-electron chi connectivity index (χ3n) is 6.74. The molecule has 192 valence electrons. The second-order valence-corrected chi connectivity index (χ2v) is 9.55. The largest absolute Gasteiger partial charge is 1.00 e. The predicted molar refractivity (Wildman–Crippen MR) is 132 cm³/mol. The fourth-order valence-electron chi connectivity index (χ4n) is 4.02. The van der Waals surface area contributed by atoms with Crippen LogP contribution in [0.4, 0.5) is 0 Å². The van der Waals surface area contributed by atoms with Crippen LogP contribution in [0.3, 0.4) is 0 Å². The minimum absolute atomic E-state index is 0. The number of nitrogens with zero attached hydrogens (tertiary/aromatic N) is 1. The number of allylic oxidation sites excluding steroid dienone is 2. The van der Waals surface area contributed by atoms with Gasteiger partial charge in [0.25, 0.3) is 0 Å². The molecule has 0 rings (SSSR count). The van der Waals surface area contributed by atoms with E-state index in [1.807, 2.05) is 0 Å². The molecule has 0 bridgehead atoms. The van der Waals surface area contributed by atoms with Gasteiger partial charge in [-0.3, -0.25) is 0 Å². The summed E-state index contributed by atoms with van der Waals surface area (Å²) in [4.78, 5) is 12.4. The summed E-state index contributed by atoms with van der Waals surface area (Å²) >= 11 is 0. The number of aliphatic hydroxyl groups excluding tert-OH is 2. The number of quaternary nitrogens is 1. The Labute approximate surface area is 205 Å². The maximum Gasteiger partial charge on any atom is 0.317 e. The van der Waals surface area contributed by atoms with Crippen LogP contribution in [0, 0.1) is 0 Å². The normalized spacial score (nSPS) is 15.3. The predicted octanol–water partition coefficient (Wildman–Crippen LogP) is 4.24. The molecule has 0 saturated heterocycles. The Bertz CT molecular complexity index is 444. The minimum atomic E-state index is -0.886. The minimum Gasteiger partial charge on any atom is -1.00 e. The van der Waals surface area contributed by atoms with Gasteiger partial charge in [0.1, 0.15) is 0 Å². The first-order valence-corrected chi connectivity index (χ1v) is 13.3. The van der Waals surface area contributed by atoms with Crippen molar-refractivity contribution in [3.8, 4) is 0 Å². The highest BCUT2D eigenvalue weighted by Crippen LogP contribution is 2.18. The highest BCUT2D eigenvalue weighted by atomic mass is 35.5. The number of carbonyl (C=O) groups excluding carboxylic acids is 1. The van der Waals surface area contributed by atoms with Gasteiger partial charge in [-0.15, -0.1) is 0 Å². The summed E-state index contributed by atoms with van der Waals surface area (Å²) in [5.41, 5.74) is 0. The fraction of sp³-hybridized carbons (Fsp3) is 0.889. The number of aliphatic hydroxyl groups is 2. The molecule has 5 heteroatoms. The van der Waals surface area contributed by atoms with Gasteiger partial charge in [-0.2, -0.15) is 0 Å². The first-order chi connectivity index (χ1) is 14.9. The molecule has 0 aromatic heterocycles. The molecule has 0 heterocycles. The third kappa shape index (κ3) is 16.2. The van der Waals surface area contributed by atoms with Gasteiger partial charge >= 0.3 is 5.91 Å². The van der Waals surface area contributed by atoms with Crippen LogP contribution < -0.4 is 12.4 Å². The van der Waals surface area contributed by atoms with Gasteiger partial charge in [-0.25, -0.2) is 9.28 Å². The van der Waals surface area contributed by atoms with E-state index in [-0.39, 0.29) is 22.8 Å². The average Bonchev–Trinajstić information content (AvgIpc) is 2.74. The van der Waals surface area contributed by atoms with Gasteiger partial charge in [0, 0.05) is 13.8 Å². The Kier molecular flexibility index (Phi) is 23.6. The molecule has 32 heavy (non-hydrogen) atoms. The zero-order valence-corrected chi connectivity index (χ0v) is 22.4. The van der Waals surface area contributed by atoms with Crippen molar-refractivity contribution in [2.75, 3.05) is 7.05 Å². The summed E-state index contributed by atoms with van der Waals surface area (Å²) < 4.78 is -0.311. The van der Waals surface area contributed by atoms with Crippen LogP contribution in [0.1, 0.15) is 136 Å². The van der Waals surface area contributed by atoms with Crippen LogP contribution in [0.15, 0.2) is 12.2 Å². The Balaban J connectivity index is 0. The number of halogens is 1. The SMILES string of the molecule is CCCCCCCC/C=C\CCCCCCCCCCCC(=O)[N+](C)(C(C)O)C(C)O.[Cl-]. The van der Waals surface area contributed by atoms with Crippen molar-refractivity contribution in [3.05, 3.63) is 12.2 Å². The molecule has 0 aromatic rings. The molecule has 0 aliphatic carbocycles. The fourth-order valence-corrected chi connectivity index (χ4v) is 4.02. The lowest BCUT2D eigenvalue weighted by Crippen LogP contribution is -3.00. The van der Waals surface area contributed by atoms with Crippen LogP contribution in [-0.4, -0.2) is 40.1 Å². The van der Waals surface area contributed by atoms with E-state index in [2.05, 4.69) is 19.1 Å². The zero-order valence-electron chi connectivity index (χ0n) is 21.7. The molecular formula is C27H54ClNO3. The highest BCUT2D eigenvalue weighted by Gasteiger charge is 2.40. The van der Waals surface area contributed by atoms with E-state index in [1.54, 1.807) is 20.9 Å². The maximum absolute atomic E-state index is 12.4. The van der Waals surface area contributed by atoms with Crippen LogP contribution in [0.5, 0.6) is 0 Å². The molecule has 4 nitrogen and oxygen atoms in total. The van der Waals surface area contributed by atoms with Gasteiger partial charge < -0.3 is 22.6 Å². The summed E-state index contributed by atoms with van der Waals surface area (Å²) in [5.74, 6) is -0.0778. The van der Waals surface area contributed by atoms with Crippen molar-refractivity contribution in [1.82, 2.24) is 0 Å². The molecular weight excluding hydrogens is 422 g/mol. The molecule has 0 aliphatic rings. The Morgan fingerprint density at radius 1 is 0.688 bits per heavy atom. The molecule has 0 aromatic carbocycles. The first-order valence-electron chi connectivity index (χ1n) is 13.3. The number of amides is 1.